The molecule has 0 aromatic carbocycles. The number of carbonyl (C=O) groups excluding carboxylic acids is 1. The van der Waals surface area contributed by atoms with Gasteiger partial charge in [0.2, 0.25) is 0 Å². The first-order chi connectivity index (χ1) is 11.2. The number of carbonyl (C=O) groups is 1. The van der Waals surface area contributed by atoms with Gasteiger partial charge in [0.05, 0.1) is 44.5 Å². The molecule has 1 aromatic heterocycles. The highest BCUT2D eigenvalue weighted by atomic mass is 16.5. The number of rotatable bonds is 6. The highest BCUT2D eigenvalue weighted by molar-refractivity contribution is 5.92. The van der Waals surface area contributed by atoms with Crippen LogP contribution in [-0.4, -0.2) is 84.8 Å². The number of H-pyrrole nitrogens is 1. The van der Waals surface area contributed by atoms with E-state index in [2.05, 4.69) is 14.9 Å². The SMILES string of the molecule is CN(C)CCOCC1CCC2C1OCCN2C(=O)c1cnc[nH]1. The van der Waals surface area contributed by atoms with Crippen molar-refractivity contribution in [1.29, 1.82) is 0 Å². The van der Waals surface area contributed by atoms with E-state index in [0.29, 0.717) is 31.4 Å². The zero-order valence-electron chi connectivity index (χ0n) is 13.9. The number of aromatic amines is 1. The Bertz CT molecular complexity index is 505. The van der Waals surface area contributed by atoms with E-state index >= 15 is 0 Å². The molecule has 23 heavy (non-hydrogen) atoms. The van der Waals surface area contributed by atoms with Gasteiger partial charge in [0, 0.05) is 19.0 Å². The standard InChI is InChI=1S/C16H26N4O3/c1-19(2)5-7-22-10-12-3-4-14-15(12)23-8-6-20(14)16(21)13-9-17-11-18-13/h9,11-12,14-15H,3-8,10H2,1-2H3,(H,17,18). The Morgan fingerprint density at radius 2 is 2.39 bits per heavy atom. The molecule has 0 spiro atoms. The van der Waals surface area contributed by atoms with Crippen molar-refractivity contribution in [3.8, 4) is 0 Å². The molecule has 7 nitrogen and oxygen atoms in total. The van der Waals surface area contributed by atoms with E-state index in [1.165, 1.54) is 0 Å². The van der Waals surface area contributed by atoms with Crippen LogP contribution in [0.25, 0.3) is 0 Å². The van der Waals surface area contributed by atoms with Crippen molar-refractivity contribution < 1.29 is 14.3 Å². The van der Waals surface area contributed by atoms with Gasteiger partial charge in [-0.1, -0.05) is 0 Å². The molecule has 1 aliphatic carbocycles. The topological polar surface area (TPSA) is 70.7 Å². The summed E-state index contributed by atoms with van der Waals surface area (Å²) in [5, 5.41) is 0. The molecule has 0 radical (unpaired) electrons. The van der Waals surface area contributed by atoms with Crippen LogP contribution in [0.1, 0.15) is 23.3 Å². The summed E-state index contributed by atoms with van der Waals surface area (Å²) in [6.45, 7) is 3.60. The van der Waals surface area contributed by atoms with Crippen LogP contribution in [0, 0.1) is 5.92 Å². The largest absolute Gasteiger partial charge is 0.380 e. The maximum Gasteiger partial charge on any atom is 0.272 e. The van der Waals surface area contributed by atoms with Crippen LogP contribution >= 0.6 is 0 Å². The molecule has 3 rings (SSSR count). The molecule has 2 heterocycles. The molecule has 7 heteroatoms. The van der Waals surface area contributed by atoms with Crippen LogP contribution in [0.5, 0.6) is 0 Å². The van der Waals surface area contributed by atoms with E-state index in [0.717, 1.165) is 26.0 Å². The Hall–Kier alpha value is -1.44. The van der Waals surface area contributed by atoms with Gasteiger partial charge in [-0.15, -0.1) is 0 Å². The molecular weight excluding hydrogens is 296 g/mol. The van der Waals surface area contributed by atoms with Gasteiger partial charge in [0.1, 0.15) is 5.69 Å². The maximum absolute atomic E-state index is 12.6. The summed E-state index contributed by atoms with van der Waals surface area (Å²) in [6.07, 6.45) is 5.25. The number of hydrogen-bond donors (Lipinski definition) is 1. The number of nitrogens with one attached hydrogen (secondary N) is 1. The van der Waals surface area contributed by atoms with E-state index in [1.807, 2.05) is 19.0 Å². The number of hydrogen-bond acceptors (Lipinski definition) is 5. The van der Waals surface area contributed by atoms with E-state index in [-0.39, 0.29) is 18.1 Å². The predicted molar refractivity (Wildman–Crippen MR) is 85.2 cm³/mol. The Kier molecular flexibility index (Phi) is 5.30. The molecule has 2 fully saturated rings. The van der Waals surface area contributed by atoms with Gasteiger partial charge in [-0.2, -0.15) is 0 Å². The monoisotopic (exact) mass is 322 g/mol. The highest BCUT2D eigenvalue weighted by Crippen LogP contribution is 2.35. The summed E-state index contributed by atoms with van der Waals surface area (Å²) < 4.78 is 11.8. The van der Waals surface area contributed by atoms with Gasteiger partial charge >= 0.3 is 0 Å². The minimum absolute atomic E-state index is 0.0231. The van der Waals surface area contributed by atoms with E-state index in [9.17, 15) is 4.79 Å². The lowest BCUT2D eigenvalue weighted by Gasteiger charge is -2.39. The molecule has 1 amide bonds. The summed E-state index contributed by atoms with van der Waals surface area (Å²) >= 11 is 0. The molecule has 1 saturated heterocycles. The van der Waals surface area contributed by atoms with Gasteiger partial charge in [-0.25, -0.2) is 4.98 Å². The van der Waals surface area contributed by atoms with Crippen LogP contribution in [0.15, 0.2) is 12.5 Å². The lowest BCUT2D eigenvalue weighted by atomic mass is 10.0. The minimum Gasteiger partial charge on any atom is -0.380 e. The molecule has 1 aliphatic heterocycles. The first kappa shape index (κ1) is 16.4. The molecule has 128 valence electrons. The summed E-state index contributed by atoms with van der Waals surface area (Å²) in [5.41, 5.74) is 0.552. The van der Waals surface area contributed by atoms with Crippen molar-refractivity contribution in [3.63, 3.8) is 0 Å². The van der Waals surface area contributed by atoms with Crippen LogP contribution in [0.4, 0.5) is 0 Å². The van der Waals surface area contributed by atoms with Crippen LogP contribution in [0.2, 0.25) is 0 Å². The molecule has 1 aromatic rings. The van der Waals surface area contributed by atoms with Crippen molar-refractivity contribution in [1.82, 2.24) is 19.8 Å². The average molecular weight is 322 g/mol. The first-order valence-electron chi connectivity index (χ1n) is 8.30. The predicted octanol–water partition coefficient (Wildman–Crippen LogP) is 0.608. The number of amides is 1. The van der Waals surface area contributed by atoms with Gasteiger partial charge in [0.25, 0.3) is 5.91 Å². The van der Waals surface area contributed by atoms with Crippen LogP contribution in [-0.2, 0) is 9.47 Å². The number of morpholine rings is 1. The fourth-order valence-corrected chi connectivity index (χ4v) is 3.50. The minimum atomic E-state index is 0.0231. The summed E-state index contributed by atoms with van der Waals surface area (Å²) in [6, 6.07) is 0.155. The van der Waals surface area contributed by atoms with Crippen LogP contribution in [0.3, 0.4) is 0 Å². The third-order valence-corrected chi connectivity index (χ3v) is 4.72. The maximum atomic E-state index is 12.6. The van der Waals surface area contributed by atoms with E-state index < -0.39 is 0 Å². The second-order valence-corrected chi connectivity index (χ2v) is 6.58. The zero-order valence-corrected chi connectivity index (χ0v) is 13.9. The fraction of sp³-hybridized carbons (Fsp3) is 0.750. The lowest BCUT2D eigenvalue weighted by Crippen LogP contribution is -2.53. The average Bonchev–Trinajstić information content (AvgIpc) is 3.20. The third kappa shape index (κ3) is 3.73. The molecule has 3 unspecified atom stereocenters. The molecule has 1 N–H and O–H groups in total. The Labute approximate surface area is 137 Å². The Morgan fingerprint density at radius 1 is 1.52 bits per heavy atom. The van der Waals surface area contributed by atoms with Gasteiger partial charge in [-0.3, -0.25) is 4.79 Å². The molecular formula is C16H26N4O3. The van der Waals surface area contributed by atoms with Crippen molar-refractivity contribution in [2.24, 2.45) is 5.92 Å². The van der Waals surface area contributed by atoms with Crippen LogP contribution < -0.4 is 0 Å². The van der Waals surface area contributed by atoms with Crippen molar-refractivity contribution in [3.05, 3.63) is 18.2 Å². The zero-order chi connectivity index (χ0) is 16.2. The Morgan fingerprint density at radius 3 is 3.13 bits per heavy atom. The summed E-state index contributed by atoms with van der Waals surface area (Å²) in [7, 11) is 4.08. The second kappa shape index (κ2) is 7.42. The highest BCUT2D eigenvalue weighted by Gasteiger charge is 2.44. The number of likely N-dealkylation sites (N-methyl/N-ethyl adjacent to an activating group) is 1. The van der Waals surface area contributed by atoms with Gasteiger partial charge in [-0.05, 0) is 26.9 Å². The number of imidazole rings is 1. The van der Waals surface area contributed by atoms with Crippen molar-refractivity contribution >= 4 is 5.91 Å². The van der Waals surface area contributed by atoms with Crippen molar-refractivity contribution in [2.75, 3.05) is 47.0 Å². The smallest absolute Gasteiger partial charge is 0.272 e. The summed E-state index contributed by atoms with van der Waals surface area (Å²) in [5.74, 6) is 0.398. The number of nitrogens with zero attached hydrogens (tertiary/aromatic N) is 3. The normalized spacial score (nSPS) is 27.4. The fourth-order valence-electron chi connectivity index (χ4n) is 3.50. The number of ether oxygens (including phenoxy) is 2. The van der Waals surface area contributed by atoms with Gasteiger partial charge < -0.3 is 24.3 Å². The van der Waals surface area contributed by atoms with Gasteiger partial charge in [0.15, 0.2) is 0 Å². The van der Waals surface area contributed by atoms with E-state index in [4.69, 9.17) is 9.47 Å². The van der Waals surface area contributed by atoms with Crippen molar-refractivity contribution in [2.45, 2.75) is 25.0 Å². The third-order valence-electron chi connectivity index (χ3n) is 4.72. The molecule has 1 saturated carbocycles. The molecule has 3 atom stereocenters. The summed E-state index contributed by atoms with van der Waals surface area (Å²) in [4.78, 5) is 23.5. The van der Waals surface area contributed by atoms with E-state index in [1.54, 1.807) is 12.5 Å². The molecule has 0 bridgehead atoms. The quantitative estimate of drug-likeness (QED) is 0.777. The first-order valence-corrected chi connectivity index (χ1v) is 8.30. The molecule has 2 aliphatic rings. The Balaban J connectivity index is 1.56. The number of aromatic nitrogens is 2. The number of fused-ring (bicyclic) bond motifs is 1. The lowest BCUT2D eigenvalue weighted by molar-refractivity contribution is -0.0757. The second-order valence-electron chi connectivity index (χ2n) is 6.58.